The van der Waals surface area contributed by atoms with Crippen molar-refractivity contribution in [3.05, 3.63) is 59.0 Å². The molecule has 4 nitrogen and oxygen atoms in total. The van der Waals surface area contributed by atoms with Crippen molar-refractivity contribution in [3.8, 4) is 0 Å². The van der Waals surface area contributed by atoms with E-state index in [1.807, 2.05) is 11.8 Å². The molecule has 0 N–H and O–H groups in total. The Bertz CT molecular complexity index is 691. The minimum atomic E-state index is 0.116. The van der Waals surface area contributed by atoms with Crippen molar-refractivity contribution in [1.82, 2.24) is 9.80 Å². The van der Waals surface area contributed by atoms with Gasteiger partial charge in [-0.05, 0) is 39.2 Å². The van der Waals surface area contributed by atoms with Crippen molar-refractivity contribution >= 4 is 5.91 Å². The molecule has 0 aromatic heterocycles. The average molecular weight is 354 g/mol. The molecule has 0 aromatic carbocycles. The summed E-state index contributed by atoms with van der Waals surface area (Å²) in [6, 6.07) is 0. The van der Waals surface area contributed by atoms with Gasteiger partial charge in [-0.2, -0.15) is 0 Å². The van der Waals surface area contributed by atoms with Crippen LogP contribution in [0.4, 0.5) is 0 Å². The number of hydrogen-bond donors (Lipinski definition) is 0. The van der Waals surface area contributed by atoms with E-state index in [0.29, 0.717) is 25.7 Å². The largest absolute Gasteiger partial charge is 0.378 e. The zero-order chi connectivity index (χ0) is 18.5. The molecule has 4 heteroatoms. The standard InChI is InChI=1S/C22H30N2O2/c1-4-23-16-19(15-20-9-6-17(2)5-7-18(20)3)8-10-21(22(23)25)24-11-13-26-14-12-24/h5-7,9-10,16,20H,4,8,11-15H2,1-3H3. The molecule has 0 bridgehead atoms. The van der Waals surface area contributed by atoms with Gasteiger partial charge >= 0.3 is 0 Å². The summed E-state index contributed by atoms with van der Waals surface area (Å²) in [4.78, 5) is 17.0. The number of carbonyl (C=O) groups is 1. The van der Waals surface area contributed by atoms with Gasteiger partial charge in [0.15, 0.2) is 0 Å². The highest BCUT2D eigenvalue weighted by molar-refractivity contribution is 5.94. The normalized spacial score (nSPS) is 24.4. The highest BCUT2D eigenvalue weighted by Gasteiger charge is 2.26. The van der Waals surface area contributed by atoms with Gasteiger partial charge in [-0.3, -0.25) is 4.79 Å². The minimum absolute atomic E-state index is 0.116. The lowest BCUT2D eigenvalue weighted by Gasteiger charge is -2.31. The summed E-state index contributed by atoms with van der Waals surface area (Å²) in [7, 11) is 0. The molecular weight excluding hydrogens is 324 g/mol. The average Bonchev–Trinajstić information content (AvgIpc) is 2.92. The van der Waals surface area contributed by atoms with Gasteiger partial charge in [0, 0.05) is 31.8 Å². The summed E-state index contributed by atoms with van der Waals surface area (Å²) < 4.78 is 5.44. The van der Waals surface area contributed by atoms with E-state index in [4.69, 9.17) is 4.74 Å². The topological polar surface area (TPSA) is 32.8 Å². The molecule has 0 radical (unpaired) electrons. The SMILES string of the molecule is CCN1C=C(CC2C=CC(C)=CC=C2C)CC=C(N2CCOCC2)C1=O. The molecular formula is C22H30N2O2. The van der Waals surface area contributed by atoms with Crippen molar-refractivity contribution in [3.63, 3.8) is 0 Å². The fourth-order valence-corrected chi connectivity index (χ4v) is 3.61. The number of morpholine rings is 1. The van der Waals surface area contributed by atoms with E-state index >= 15 is 0 Å². The van der Waals surface area contributed by atoms with E-state index in [0.717, 1.165) is 31.6 Å². The van der Waals surface area contributed by atoms with Crippen LogP contribution < -0.4 is 0 Å². The first-order valence-electron chi connectivity index (χ1n) is 9.65. The van der Waals surface area contributed by atoms with Gasteiger partial charge in [-0.25, -0.2) is 0 Å². The number of nitrogens with zero attached hydrogens (tertiary/aromatic N) is 2. The number of ether oxygens (including phenoxy) is 1. The Morgan fingerprint density at radius 3 is 2.69 bits per heavy atom. The molecule has 2 aliphatic heterocycles. The van der Waals surface area contributed by atoms with E-state index in [1.54, 1.807) is 0 Å². The molecule has 0 aromatic rings. The van der Waals surface area contributed by atoms with Gasteiger partial charge in [-0.1, -0.05) is 41.5 Å². The maximum Gasteiger partial charge on any atom is 0.273 e. The van der Waals surface area contributed by atoms with E-state index in [9.17, 15) is 4.79 Å². The molecule has 2 heterocycles. The van der Waals surface area contributed by atoms with Crippen LogP contribution in [0.15, 0.2) is 59.0 Å². The third-order valence-electron chi connectivity index (χ3n) is 5.34. The van der Waals surface area contributed by atoms with Crippen LogP contribution in [0.2, 0.25) is 0 Å². The lowest BCUT2D eigenvalue weighted by atomic mass is 9.91. The third kappa shape index (κ3) is 4.36. The number of carbonyl (C=O) groups excluding carboxylic acids is 1. The quantitative estimate of drug-likeness (QED) is 0.770. The zero-order valence-electron chi connectivity index (χ0n) is 16.2. The molecule has 0 saturated carbocycles. The monoisotopic (exact) mass is 354 g/mol. The first-order chi connectivity index (χ1) is 12.6. The van der Waals surface area contributed by atoms with E-state index in [-0.39, 0.29) is 5.91 Å². The van der Waals surface area contributed by atoms with Crippen LogP contribution in [-0.2, 0) is 9.53 Å². The third-order valence-corrected chi connectivity index (χ3v) is 5.34. The molecule has 0 spiro atoms. The van der Waals surface area contributed by atoms with Crippen molar-refractivity contribution < 1.29 is 9.53 Å². The number of allylic oxidation sites excluding steroid dienone is 8. The predicted molar refractivity (Wildman–Crippen MR) is 105 cm³/mol. The Kier molecular flexibility index (Phi) is 6.15. The predicted octanol–water partition coefficient (Wildman–Crippen LogP) is 3.81. The second-order valence-electron chi connectivity index (χ2n) is 7.26. The van der Waals surface area contributed by atoms with E-state index in [2.05, 4.69) is 55.3 Å². The van der Waals surface area contributed by atoms with Crippen molar-refractivity contribution in [1.29, 1.82) is 0 Å². The van der Waals surface area contributed by atoms with Gasteiger partial charge in [-0.15, -0.1) is 0 Å². The van der Waals surface area contributed by atoms with Crippen LogP contribution in [0.5, 0.6) is 0 Å². The van der Waals surface area contributed by atoms with Gasteiger partial charge in [0.05, 0.1) is 18.9 Å². The number of likely N-dealkylation sites (N-methyl/N-ethyl adjacent to an activating group) is 1. The molecule has 1 amide bonds. The van der Waals surface area contributed by atoms with E-state index < -0.39 is 0 Å². The maximum absolute atomic E-state index is 13.0. The Morgan fingerprint density at radius 2 is 1.96 bits per heavy atom. The second-order valence-corrected chi connectivity index (χ2v) is 7.26. The Labute approximate surface area is 157 Å². The van der Waals surface area contributed by atoms with Crippen LogP contribution in [0, 0.1) is 5.92 Å². The summed E-state index contributed by atoms with van der Waals surface area (Å²) >= 11 is 0. The summed E-state index contributed by atoms with van der Waals surface area (Å²) in [6.07, 6.45) is 14.9. The number of rotatable bonds is 4. The molecule has 1 atom stereocenters. The Morgan fingerprint density at radius 1 is 1.19 bits per heavy atom. The van der Waals surface area contributed by atoms with Gasteiger partial charge in [0.1, 0.15) is 0 Å². The fourth-order valence-electron chi connectivity index (χ4n) is 3.61. The fraction of sp³-hybridized carbons (Fsp3) is 0.500. The summed E-state index contributed by atoms with van der Waals surface area (Å²) in [5, 5.41) is 0. The molecule has 140 valence electrons. The summed E-state index contributed by atoms with van der Waals surface area (Å²) in [6.45, 7) is 10.0. The lowest BCUT2D eigenvalue weighted by molar-refractivity contribution is -0.126. The summed E-state index contributed by atoms with van der Waals surface area (Å²) in [5.74, 6) is 0.507. The molecule has 1 aliphatic carbocycles. The van der Waals surface area contributed by atoms with Gasteiger partial charge in [0.2, 0.25) is 0 Å². The second kappa shape index (κ2) is 8.54. The van der Waals surface area contributed by atoms with Gasteiger partial charge < -0.3 is 14.5 Å². The summed E-state index contributed by atoms with van der Waals surface area (Å²) in [5.41, 5.74) is 4.80. The first kappa shape index (κ1) is 18.7. The highest BCUT2D eigenvalue weighted by atomic mass is 16.5. The van der Waals surface area contributed by atoms with Crippen LogP contribution >= 0.6 is 0 Å². The molecule has 1 saturated heterocycles. The minimum Gasteiger partial charge on any atom is -0.378 e. The van der Waals surface area contributed by atoms with Crippen molar-refractivity contribution in [2.45, 2.75) is 33.6 Å². The van der Waals surface area contributed by atoms with Crippen LogP contribution in [0.3, 0.4) is 0 Å². The molecule has 3 aliphatic rings. The molecule has 1 fully saturated rings. The van der Waals surface area contributed by atoms with Crippen LogP contribution in [0.25, 0.3) is 0 Å². The zero-order valence-corrected chi connectivity index (χ0v) is 16.2. The van der Waals surface area contributed by atoms with Crippen LogP contribution in [0.1, 0.15) is 33.6 Å². The highest BCUT2D eigenvalue weighted by Crippen LogP contribution is 2.29. The number of hydrogen-bond acceptors (Lipinski definition) is 3. The Balaban J connectivity index is 1.78. The molecule has 3 rings (SSSR count). The smallest absolute Gasteiger partial charge is 0.273 e. The number of amides is 1. The van der Waals surface area contributed by atoms with Crippen molar-refractivity contribution in [2.75, 3.05) is 32.8 Å². The Hall–Kier alpha value is -2.07. The first-order valence-corrected chi connectivity index (χ1v) is 9.65. The maximum atomic E-state index is 13.0. The van der Waals surface area contributed by atoms with Crippen LogP contribution in [-0.4, -0.2) is 48.6 Å². The molecule has 26 heavy (non-hydrogen) atoms. The van der Waals surface area contributed by atoms with Gasteiger partial charge in [0.25, 0.3) is 5.91 Å². The van der Waals surface area contributed by atoms with Crippen molar-refractivity contribution in [2.24, 2.45) is 5.92 Å². The lowest BCUT2D eigenvalue weighted by Crippen LogP contribution is -2.41. The molecule has 1 unspecified atom stereocenters. The van der Waals surface area contributed by atoms with E-state index in [1.165, 1.54) is 16.7 Å².